The van der Waals surface area contributed by atoms with Crippen molar-refractivity contribution in [3.8, 4) is 17.6 Å². The minimum Gasteiger partial charge on any atom is -0.493 e. The number of rotatable bonds is 14. The predicted octanol–water partition coefficient (Wildman–Crippen LogP) is 4.86. The van der Waals surface area contributed by atoms with Gasteiger partial charge in [-0.1, -0.05) is 51.5 Å². The summed E-state index contributed by atoms with van der Waals surface area (Å²) in [6.45, 7) is 9.01. The maximum absolute atomic E-state index is 8.73. The lowest BCUT2D eigenvalue weighted by molar-refractivity contribution is 0.129. The van der Waals surface area contributed by atoms with Crippen molar-refractivity contribution in [1.82, 2.24) is 9.80 Å². The van der Waals surface area contributed by atoms with Crippen LogP contribution in [-0.4, -0.2) is 56.2 Å². The summed E-state index contributed by atoms with van der Waals surface area (Å²) in [5, 5.41) is 8.73. The third kappa shape index (κ3) is 9.06. The Labute approximate surface area is 177 Å². The van der Waals surface area contributed by atoms with Crippen LogP contribution >= 0.6 is 0 Å². The topological polar surface area (TPSA) is 48.7 Å². The predicted molar refractivity (Wildman–Crippen MR) is 118 cm³/mol. The summed E-state index contributed by atoms with van der Waals surface area (Å²) < 4.78 is 11.6. The molecule has 29 heavy (non-hydrogen) atoms. The first-order valence-corrected chi connectivity index (χ1v) is 11.4. The zero-order chi connectivity index (χ0) is 20.7. The van der Waals surface area contributed by atoms with Crippen molar-refractivity contribution in [3.63, 3.8) is 0 Å². The molecule has 0 atom stereocenters. The minimum atomic E-state index is 0.623. The molecule has 1 aromatic rings. The van der Waals surface area contributed by atoms with Crippen LogP contribution < -0.4 is 9.47 Å². The maximum Gasteiger partial charge on any atom is 0.161 e. The molecule has 1 saturated heterocycles. The Morgan fingerprint density at radius 3 is 2.31 bits per heavy atom. The van der Waals surface area contributed by atoms with Crippen molar-refractivity contribution >= 4 is 0 Å². The van der Waals surface area contributed by atoms with E-state index >= 15 is 0 Å². The van der Waals surface area contributed by atoms with E-state index in [1.165, 1.54) is 44.1 Å². The van der Waals surface area contributed by atoms with Gasteiger partial charge in [-0.15, -0.1) is 0 Å². The van der Waals surface area contributed by atoms with E-state index in [0.29, 0.717) is 6.42 Å². The molecule has 0 N–H and O–H groups in total. The van der Waals surface area contributed by atoms with Crippen LogP contribution in [0.1, 0.15) is 63.9 Å². The second kappa shape index (κ2) is 14.3. The summed E-state index contributed by atoms with van der Waals surface area (Å²) in [5.74, 6) is 1.68. The van der Waals surface area contributed by atoms with Gasteiger partial charge < -0.3 is 9.47 Å². The van der Waals surface area contributed by atoms with Gasteiger partial charge in [0.1, 0.15) is 0 Å². The average Bonchev–Trinajstić information content (AvgIpc) is 2.75. The van der Waals surface area contributed by atoms with Gasteiger partial charge in [0.15, 0.2) is 11.5 Å². The molecule has 0 aliphatic carbocycles. The lowest BCUT2D eigenvalue weighted by Crippen LogP contribution is -2.46. The Balaban J connectivity index is 1.71. The number of benzene rings is 1. The molecule has 1 aromatic carbocycles. The second-order valence-corrected chi connectivity index (χ2v) is 7.98. The molecule has 2 rings (SSSR count). The van der Waals surface area contributed by atoms with E-state index in [1.54, 1.807) is 7.11 Å². The molecule has 5 nitrogen and oxygen atoms in total. The second-order valence-electron chi connectivity index (χ2n) is 7.98. The number of nitrogens with zero attached hydrogens (tertiary/aromatic N) is 3. The molecule has 0 bridgehead atoms. The highest BCUT2D eigenvalue weighted by atomic mass is 16.5. The minimum absolute atomic E-state index is 0.623. The molecule has 0 saturated carbocycles. The molecule has 5 heteroatoms. The Morgan fingerprint density at radius 2 is 1.62 bits per heavy atom. The molecule has 162 valence electrons. The normalized spacial score (nSPS) is 15.2. The molecule has 0 spiro atoms. The Morgan fingerprint density at radius 1 is 0.931 bits per heavy atom. The van der Waals surface area contributed by atoms with Gasteiger partial charge in [-0.3, -0.25) is 9.80 Å². The summed E-state index contributed by atoms with van der Waals surface area (Å²) in [5.41, 5.74) is 1.26. The summed E-state index contributed by atoms with van der Waals surface area (Å²) in [6, 6.07) is 8.56. The van der Waals surface area contributed by atoms with E-state index in [0.717, 1.165) is 63.8 Å². The third-order valence-electron chi connectivity index (χ3n) is 5.64. The highest BCUT2D eigenvalue weighted by Gasteiger charge is 2.17. The van der Waals surface area contributed by atoms with Gasteiger partial charge in [0, 0.05) is 45.7 Å². The molecule has 0 aromatic heterocycles. The van der Waals surface area contributed by atoms with Gasteiger partial charge in [-0.25, -0.2) is 0 Å². The first-order chi connectivity index (χ1) is 14.3. The van der Waals surface area contributed by atoms with E-state index in [-0.39, 0.29) is 0 Å². The summed E-state index contributed by atoms with van der Waals surface area (Å²) in [6.07, 6.45) is 9.65. The van der Waals surface area contributed by atoms with Crippen molar-refractivity contribution in [2.75, 3.05) is 46.4 Å². The standard InChI is InChI=1S/C24H39N3O2/c1-3-4-5-6-7-8-9-19-29-23-12-11-22(20-24(23)28-2)21-27-17-15-26(16-18-27)14-10-13-25/h11-12,20H,3-10,14-19,21H2,1-2H3. The fourth-order valence-corrected chi connectivity index (χ4v) is 3.81. The van der Waals surface area contributed by atoms with Crippen LogP contribution in [0, 0.1) is 11.3 Å². The zero-order valence-electron chi connectivity index (χ0n) is 18.5. The van der Waals surface area contributed by atoms with E-state index < -0.39 is 0 Å². The van der Waals surface area contributed by atoms with E-state index in [9.17, 15) is 0 Å². The fourth-order valence-electron chi connectivity index (χ4n) is 3.81. The van der Waals surface area contributed by atoms with E-state index in [4.69, 9.17) is 14.7 Å². The van der Waals surface area contributed by atoms with Crippen LogP contribution in [0.4, 0.5) is 0 Å². The number of nitriles is 1. The van der Waals surface area contributed by atoms with Gasteiger partial charge in [-0.05, 0) is 24.1 Å². The fraction of sp³-hybridized carbons (Fsp3) is 0.708. The van der Waals surface area contributed by atoms with Crippen LogP contribution in [0.15, 0.2) is 18.2 Å². The largest absolute Gasteiger partial charge is 0.493 e. The van der Waals surface area contributed by atoms with Crippen LogP contribution in [0.5, 0.6) is 11.5 Å². The van der Waals surface area contributed by atoms with Gasteiger partial charge in [0.2, 0.25) is 0 Å². The third-order valence-corrected chi connectivity index (χ3v) is 5.64. The van der Waals surface area contributed by atoms with Crippen LogP contribution in [-0.2, 0) is 6.54 Å². The molecule has 1 aliphatic heterocycles. The monoisotopic (exact) mass is 401 g/mol. The van der Waals surface area contributed by atoms with Crippen molar-refractivity contribution < 1.29 is 9.47 Å². The number of hydrogen-bond acceptors (Lipinski definition) is 5. The van der Waals surface area contributed by atoms with Crippen molar-refractivity contribution in [3.05, 3.63) is 23.8 Å². The lowest BCUT2D eigenvalue weighted by Gasteiger charge is -2.34. The number of hydrogen-bond donors (Lipinski definition) is 0. The molecule has 0 amide bonds. The SMILES string of the molecule is CCCCCCCCCOc1ccc(CN2CCN(CCC#N)CC2)cc1OC. The molecule has 1 heterocycles. The first-order valence-electron chi connectivity index (χ1n) is 11.4. The van der Waals surface area contributed by atoms with Gasteiger partial charge in [-0.2, -0.15) is 5.26 Å². The van der Waals surface area contributed by atoms with Crippen molar-refractivity contribution in [2.45, 2.75) is 64.8 Å². The Bertz CT molecular complexity index is 607. The summed E-state index contributed by atoms with van der Waals surface area (Å²) in [7, 11) is 1.72. The first kappa shape index (κ1) is 23.5. The number of unbranched alkanes of at least 4 members (excludes halogenated alkanes) is 6. The van der Waals surface area contributed by atoms with Crippen molar-refractivity contribution in [1.29, 1.82) is 5.26 Å². The van der Waals surface area contributed by atoms with Crippen LogP contribution in [0.3, 0.4) is 0 Å². The Hall–Kier alpha value is -1.77. The number of ether oxygens (including phenoxy) is 2. The number of piperazine rings is 1. The highest BCUT2D eigenvalue weighted by molar-refractivity contribution is 5.43. The van der Waals surface area contributed by atoms with E-state index in [1.807, 2.05) is 0 Å². The lowest BCUT2D eigenvalue weighted by atomic mass is 10.1. The highest BCUT2D eigenvalue weighted by Crippen LogP contribution is 2.29. The molecule has 1 fully saturated rings. The Kier molecular flexibility index (Phi) is 11.6. The molecular formula is C24H39N3O2. The molecule has 0 radical (unpaired) electrons. The van der Waals surface area contributed by atoms with Crippen LogP contribution in [0.2, 0.25) is 0 Å². The summed E-state index contributed by atoms with van der Waals surface area (Å²) >= 11 is 0. The molecule has 0 unspecified atom stereocenters. The average molecular weight is 402 g/mol. The molecular weight excluding hydrogens is 362 g/mol. The van der Waals surface area contributed by atoms with Crippen molar-refractivity contribution in [2.24, 2.45) is 0 Å². The summed E-state index contributed by atoms with van der Waals surface area (Å²) in [4.78, 5) is 4.85. The van der Waals surface area contributed by atoms with Crippen LogP contribution in [0.25, 0.3) is 0 Å². The van der Waals surface area contributed by atoms with Gasteiger partial charge >= 0.3 is 0 Å². The maximum atomic E-state index is 8.73. The molecule has 1 aliphatic rings. The van der Waals surface area contributed by atoms with Gasteiger partial charge in [0.25, 0.3) is 0 Å². The smallest absolute Gasteiger partial charge is 0.161 e. The zero-order valence-corrected chi connectivity index (χ0v) is 18.5. The van der Waals surface area contributed by atoms with Gasteiger partial charge in [0.05, 0.1) is 19.8 Å². The van der Waals surface area contributed by atoms with E-state index in [2.05, 4.69) is 41.0 Å². The number of methoxy groups -OCH3 is 1. The quantitative estimate of drug-likeness (QED) is 0.417.